The van der Waals surface area contributed by atoms with E-state index in [4.69, 9.17) is 4.74 Å². The van der Waals surface area contributed by atoms with Crippen LogP contribution in [-0.4, -0.2) is 0 Å². The summed E-state index contributed by atoms with van der Waals surface area (Å²) in [7, 11) is 0. The summed E-state index contributed by atoms with van der Waals surface area (Å²) in [6.07, 6.45) is 0. The third kappa shape index (κ3) is 2.79. The maximum Gasteiger partial charge on any atom is 0.131 e. The van der Waals surface area contributed by atoms with Gasteiger partial charge in [0.15, 0.2) is 0 Å². The van der Waals surface area contributed by atoms with Crippen LogP contribution in [0, 0.1) is 12.7 Å². The van der Waals surface area contributed by atoms with Crippen molar-refractivity contribution < 1.29 is 9.13 Å². The summed E-state index contributed by atoms with van der Waals surface area (Å²) in [6.45, 7) is 2.36. The van der Waals surface area contributed by atoms with E-state index in [1.165, 1.54) is 6.07 Å². The zero-order valence-corrected chi connectivity index (χ0v) is 13.2. The van der Waals surface area contributed by atoms with Crippen LogP contribution < -0.4 is 4.74 Å². The molecular formula is C18H14BrFO. The summed E-state index contributed by atoms with van der Waals surface area (Å²) in [5, 5.41) is 1.39. The van der Waals surface area contributed by atoms with Crippen molar-refractivity contribution >= 4 is 26.7 Å². The number of aryl methyl sites for hydroxylation is 1. The van der Waals surface area contributed by atoms with Gasteiger partial charge >= 0.3 is 0 Å². The average Bonchev–Trinajstić information content (AvgIpc) is 2.51. The fourth-order valence-electron chi connectivity index (χ4n) is 2.40. The topological polar surface area (TPSA) is 9.23 Å². The van der Waals surface area contributed by atoms with Crippen LogP contribution in [0.3, 0.4) is 0 Å². The first-order chi connectivity index (χ1) is 10.2. The summed E-state index contributed by atoms with van der Waals surface area (Å²) < 4.78 is 20.8. The van der Waals surface area contributed by atoms with Crippen LogP contribution in [-0.2, 0) is 6.61 Å². The van der Waals surface area contributed by atoms with E-state index >= 15 is 0 Å². The van der Waals surface area contributed by atoms with Crippen LogP contribution in [0.25, 0.3) is 10.8 Å². The summed E-state index contributed by atoms with van der Waals surface area (Å²) >= 11 is 3.50. The first-order valence-corrected chi connectivity index (χ1v) is 7.50. The maximum absolute atomic E-state index is 14.1. The molecule has 0 aliphatic heterocycles. The lowest BCUT2D eigenvalue weighted by Crippen LogP contribution is -1.97. The zero-order valence-electron chi connectivity index (χ0n) is 11.6. The lowest BCUT2D eigenvalue weighted by molar-refractivity contribution is 0.310. The van der Waals surface area contributed by atoms with Crippen LogP contribution >= 0.6 is 15.9 Å². The Balaban J connectivity index is 2.03. The Kier molecular flexibility index (Phi) is 3.93. The smallest absolute Gasteiger partial charge is 0.131 e. The highest BCUT2D eigenvalue weighted by molar-refractivity contribution is 9.10. The fourth-order valence-corrected chi connectivity index (χ4v) is 2.93. The van der Waals surface area contributed by atoms with Crippen molar-refractivity contribution in [1.82, 2.24) is 0 Å². The van der Waals surface area contributed by atoms with Crippen LogP contribution in [0.1, 0.15) is 11.1 Å². The Bertz CT molecular complexity index is 776. The van der Waals surface area contributed by atoms with Gasteiger partial charge in [-0.15, -0.1) is 0 Å². The van der Waals surface area contributed by atoms with Crippen molar-refractivity contribution in [1.29, 1.82) is 0 Å². The number of fused-ring (bicyclic) bond motifs is 1. The average molecular weight is 345 g/mol. The molecule has 0 aliphatic carbocycles. The molecule has 0 radical (unpaired) electrons. The maximum atomic E-state index is 14.1. The summed E-state index contributed by atoms with van der Waals surface area (Å²) in [5.41, 5.74) is 1.98. The molecule has 3 heteroatoms. The van der Waals surface area contributed by atoms with E-state index < -0.39 is 0 Å². The predicted octanol–water partition coefficient (Wildman–Crippen LogP) is 5.63. The lowest BCUT2D eigenvalue weighted by atomic mass is 10.0. The second-order valence-corrected chi connectivity index (χ2v) is 5.79. The van der Waals surface area contributed by atoms with E-state index in [0.717, 1.165) is 21.0 Å². The molecule has 0 saturated heterocycles. The minimum absolute atomic E-state index is 0.226. The van der Waals surface area contributed by atoms with Crippen LogP contribution in [0.2, 0.25) is 0 Å². The van der Waals surface area contributed by atoms with E-state index in [1.807, 2.05) is 49.4 Å². The fraction of sp³-hybridized carbons (Fsp3) is 0.111. The molecule has 0 amide bonds. The number of hydrogen-bond donors (Lipinski definition) is 0. The third-order valence-corrected chi connectivity index (χ3v) is 4.13. The number of ether oxygens (including phenoxy) is 1. The highest BCUT2D eigenvalue weighted by atomic mass is 79.9. The molecule has 3 rings (SSSR count). The van der Waals surface area contributed by atoms with Gasteiger partial charge in [0.2, 0.25) is 0 Å². The lowest BCUT2D eigenvalue weighted by Gasteiger charge is -2.13. The molecule has 21 heavy (non-hydrogen) atoms. The minimum Gasteiger partial charge on any atom is -0.488 e. The van der Waals surface area contributed by atoms with Crippen LogP contribution in [0.15, 0.2) is 59.1 Å². The Hall–Kier alpha value is -1.87. The standard InChI is InChI=1S/C18H14BrFO/c1-12-7-10-16(21-11-13-5-3-2-4-6-13)18-14(19)8-9-15(20)17(12)18/h2-10H,11H2,1H3. The van der Waals surface area contributed by atoms with Crippen molar-refractivity contribution in [2.24, 2.45) is 0 Å². The number of hydrogen-bond acceptors (Lipinski definition) is 1. The molecule has 0 N–H and O–H groups in total. The van der Waals surface area contributed by atoms with Gasteiger partial charge in [-0.05, 0) is 36.2 Å². The van der Waals surface area contributed by atoms with Gasteiger partial charge in [-0.25, -0.2) is 4.39 Å². The van der Waals surface area contributed by atoms with Gasteiger partial charge in [0.1, 0.15) is 18.2 Å². The molecule has 0 fully saturated rings. The third-order valence-electron chi connectivity index (χ3n) is 3.47. The van der Waals surface area contributed by atoms with E-state index in [9.17, 15) is 4.39 Å². The minimum atomic E-state index is -0.226. The quantitative estimate of drug-likeness (QED) is 0.598. The molecule has 0 spiro atoms. The van der Waals surface area contributed by atoms with Crippen molar-refractivity contribution in [3.05, 3.63) is 76.0 Å². The van der Waals surface area contributed by atoms with Gasteiger partial charge in [0.05, 0.1) is 0 Å². The second kappa shape index (κ2) is 5.86. The van der Waals surface area contributed by atoms with Gasteiger partial charge < -0.3 is 4.74 Å². The van der Waals surface area contributed by atoms with E-state index in [2.05, 4.69) is 15.9 Å². The Morgan fingerprint density at radius 2 is 1.71 bits per heavy atom. The second-order valence-electron chi connectivity index (χ2n) is 4.93. The first kappa shape index (κ1) is 14.1. The molecule has 0 saturated carbocycles. The van der Waals surface area contributed by atoms with Crippen LogP contribution in [0.5, 0.6) is 5.75 Å². The molecule has 1 nitrogen and oxygen atoms in total. The molecule has 3 aromatic carbocycles. The molecule has 0 bridgehead atoms. The molecule has 3 aromatic rings. The largest absolute Gasteiger partial charge is 0.488 e. The molecule has 0 aliphatic rings. The summed E-state index contributed by atoms with van der Waals surface area (Å²) in [5.74, 6) is 0.460. The Labute approximate surface area is 131 Å². The van der Waals surface area contributed by atoms with E-state index in [1.54, 1.807) is 6.07 Å². The van der Waals surface area contributed by atoms with Crippen molar-refractivity contribution in [3.8, 4) is 5.75 Å². The van der Waals surface area contributed by atoms with Crippen molar-refractivity contribution in [2.75, 3.05) is 0 Å². The van der Waals surface area contributed by atoms with Crippen LogP contribution in [0.4, 0.5) is 4.39 Å². The number of rotatable bonds is 3. The number of benzene rings is 3. The van der Waals surface area contributed by atoms with E-state index in [0.29, 0.717) is 17.7 Å². The highest BCUT2D eigenvalue weighted by Crippen LogP contribution is 2.36. The molecule has 106 valence electrons. The van der Waals surface area contributed by atoms with Crippen molar-refractivity contribution in [2.45, 2.75) is 13.5 Å². The van der Waals surface area contributed by atoms with Gasteiger partial charge in [-0.3, -0.25) is 0 Å². The monoisotopic (exact) mass is 344 g/mol. The van der Waals surface area contributed by atoms with Gasteiger partial charge in [-0.1, -0.05) is 52.3 Å². The normalized spacial score (nSPS) is 10.8. The molecule has 0 aromatic heterocycles. The van der Waals surface area contributed by atoms with Crippen molar-refractivity contribution in [3.63, 3.8) is 0 Å². The highest BCUT2D eigenvalue weighted by Gasteiger charge is 2.12. The van der Waals surface area contributed by atoms with Gasteiger partial charge in [0, 0.05) is 15.2 Å². The predicted molar refractivity (Wildman–Crippen MR) is 87.1 cm³/mol. The Morgan fingerprint density at radius 3 is 2.48 bits per heavy atom. The molecule has 0 atom stereocenters. The van der Waals surface area contributed by atoms with Gasteiger partial charge in [-0.2, -0.15) is 0 Å². The molecular weight excluding hydrogens is 331 g/mol. The summed E-state index contributed by atoms with van der Waals surface area (Å²) in [6, 6.07) is 16.9. The first-order valence-electron chi connectivity index (χ1n) is 6.71. The summed E-state index contributed by atoms with van der Waals surface area (Å²) in [4.78, 5) is 0. The van der Waals surface area contributed by atoms with Gasteiger partial charge in [0.25, 0.3) is 0 Å². The van der Waals surface area contributed by atoms with E-state index in [-0.39, 0.29) is 5.82 Å². The number of halogens is 2. The zero-order chi connectivity index (χ0) is 14.8. The Morgan fingerprint density at radius 1 is 0.952 bits per heavy atom. The molecule has 0 heterocycles. The molecule has 0 unspecified atom stereocenters. The SMILES string of the molecule is Cc1ccc(OCc2ccccc2)c2c(Br)ccc(F)c12.